The lowest BCUT2D eigenvalue weighted by Crippen LogP contribution is -1.96. The van der Waals surface area contributed by atoms with Gasteiger partial charge >= 0.3 is 0 Å². The Labute approximate surface area is 184 Å². The van der Waals surface area contributed by atoms with Gasteiger partial charge in [0.2, 0.25) is 5.88 Å². The highest BCUT2D eigenvalue weighted by Gasteiger charge is 2.14. The number of hydrogen-bond acceptors (Lipinski definition) is 4. The monoisotopic (exact) mass is 417 g/mol. The van der Waals surface area contributed by atoms with E-state index in [9.17, 15) is 0 Å². The molecule has 0 N–H and O–H groups in total. The van der Waals surface area contributed by atoms with Gasteiger partial charge in [0.15, 0.2) is 0 Å². The van der Waals surface area contributed by atoms with E-state index < -0.39 is 0 Å². The van der Waals surface area contributed by atoms with Crippen molar-refractivity contribution in [3.8, 4) is 23.2 Å². The molecular weight excluding hydrogens is 398 g/mol. The number of hydrogen-bond donors (Lipinski definition) is 0. The average Bonchev–Trinajstić information content (AvgIpc) is 3.18. The van der Waals surface area contributed by atoms with Gasteiger partial charge in [0.05, 0.1) is 18.1 Å². The fraction of sp³-hybridized carbons (Fsp3) is 0.0370. The minimum atomic E-state index is 0.516. The van der Waals surface area contributed by atoms with Crippen LogP contribution in [0.25, 0.3) is 38.5 Å². The number of aromatic nitrogens is 3. The molecule has 3 aromatic carbocycles. The molecule has 0 aliphatic rings. The summed E-state index contributed by atoms with van der Waals surface area (Å²) in [6, 6.07) is 30.1. The first-order valence-electron chi connectivity index (χ1n) is 10.4. The number of nitrogens with zero attached hydrogens (tertiary/aromatic N) is 3. The van der Waals surface area contributed by atoms with Crippen LogP contribution in [0.2, 0.25) is 0 Å². The van der Waals surface area contributed by atoms with Crippen molar-refractivity contribution in [2.24, 2.45) is 0 Å². The van der Waals surface area contributed by atoms with Crippen LogP contribution in [0.1, 0.15) is 0 Å². The van der Waals surface area contributed by atoms with Crippen molar-refractivity contribution in [2.45, 2.75) is 0 Å². The summed E-state index contributed by atoms with van der Waals surface area (Å²) < 4.78 is 13.8. The Hall–Kier alpha value is -4.38. The molecule has 3 heterocycles. The van der Waals surface area contributed by atoms with Gasteiger partial charge in [0.25, 0.3) is 0 Å². The van der Waals surface area contributed by atoms with Crippen LogP contribution >= 0.6 is 0 Å². The van der Waals surface area contributed by atoms with Gasteiger partial charge in [0.1, 0.15) is 22.8 Å². The van der Waals surface area contributed by atoms with Crippen LogP contribution in [0.3, 0.4) is 0 Å². The average molecular weight is 417 g/mol. The minimum Gasteiger partial charge on any atom is -0.494 e. The van der Waals surface area contributed by atoms with E-state index in [1.165, 1.54) is 5.39 Å². The third kappa shape index (κ3) is 2.94. The number of para-hydroxylation sites is 2. The van der Waals surface area contributed by atoms with Crippen molar-refractivity contribution in [1.82, 2.24) is 14.5 Å². The molecular formula is C27H19N3O2. The number of ether oxygens (including phenoxy) is 2. The molecule has 0 saturated carbocycles. The lowest BCUT2D eigenvalue weighted by molar-refractivity contribution is 0.417. The second-order valence-electron chi connectivity index (χ2n) is 7.50. The Morgan fingerprint density at radius 2 is 1.62 bits per heavy atom. The van der Waals surface area contributed by atoms with Gasteiger partial charge in [-0.2, -0.15) is 0 Å². The molecule has 154 valence electrons. The lowest BCUT2D eigenvalue weighted by atomic mass is 10.1. The standard InChI is InChI=1S/C27H19N3O2/c1-31-24-10-6-7-18-12-15-26(29-27(18)24)32-19-13-14-21-20-8-2-3-9-22(20)30(23(21)17-19)25-11-4-5-16-28-25/h2-17H,1H3. The number of methoxy groups -OCH3 is 1. The van der Waals surface area contributed by atoms with Crippen LogP contribution < -0.4 is 9.47 Å². The molecule has 0 fully saturated rings. The Bertz CT molecular complexity index is 1590. The molecule has 6 rings (SSSR count). The Morgan fingerprint density at radius 3 is 2.50 bits per heavy atom. The molecule has 6 aromatic rings. The van der Waals surface area contributed by atoms with E-state index in [1.807, 2.05) is 72.9 Å². The first-order valence-corrected chi connectivity index (χ1v) is 10.4. The first kappa shape index (κ1) is 18.4. The zero-order valence-corrected chi connectivity index (χ0v) is 17.4. The van der Waals surface area contributed by atoms with E-state index >= 15 is 0 Å². The van der Waals surface area contributed by atoms with Gasteiger partial charge in [-0.15, -0.1) is 0 Å². The van der Waals surface area contributed by atoms with E-state index in [0.717, 1.165) is 38.9 Å². The summed E-state index contributed by atoms with van der Waals surface area (Å²) in [6.07, 6.45) is 1.81. The molecule has 5 heteroatoms. The lowest BCUT2D eigenvalue weighted by Gasteiger charge is -2.10. The van der Waals surface area contributed by atoms with Crippen molar-refractivity contribution in [3.63, 3.8) is 0 Å². The smallest absolute Gasteiger partial charge is 0.219 e. The first-order chi connectivity index (χ1) is 15.8. The third-order valence-electron chi connectivity index (χ3n) is 5.62. The van der Waals surface area contributed by atoms with Crippen LogP contribution in [-0.4, -0.2) is 21.6 Å². The number of benzene rings is 3. The maximum absolute atomic E-state index is 6.18. The van der Waals surface area contributed by atoms with Gasteiger partial charge in [-0.1, -0.05) is 36.4 Å². The molecule has 32 heavy (non-hydrogen) atoms. The molecule has 0 bridgehead atoms. The van der Waals surface area contributed by atoms with E-state index in [4.69, 9.17) is 9.47 Å². The topological polar surface area (TPSA) is 49.2 Å². The van der Waals surface area contributed by atoms with Crippen LogP contribution in [0.15, 0.2) is 97.2 Å². The number of rotatable bonds is 4. The van der Waals surface area contributed by atoms with Gasteiger partial charge in [-0.3, -0.25) is 4.57 Å². The van der Waals surface area contributed by atoms with Gasteiger partial charge in [-0.05, 0) is 42.5 Å². The van der Waals surface area contributed by atoms with Gasteiger partial charge in [0, 0.05) is 34.5 Å². The van der Waals surface area contributed by atoms with E-state index in [0.29, 0.717) is 11.6 Å². The fourth-order valence-electron chi connectivity index (χ4n) is 4.19. The van der Waals surface area contributed by atoms with Crippen LogP contribution in [0.4, 0.5) is 0 Å². The van der Waals surface area contributed by atoms with Crippen molar-refractivity contribution in [1.29, 1.82) is 0 Å². The predicted octanol–water partition coefficient (Wildman–Crippen LogP) is 6.53. The molecule has 0 aliphatic heterocycles. The quantitative estimate of drug-likeness (QED) is 0.327. The SMILES string of the molecule is COc1cccc2ccc(Oc3ccc4c5ccccc5n(-c5ccccn5)c4c3)nc12. The van der Waals surface area contributed by atoms with Gasteiger partial charge in [-0.25, -0.2) is 9.97 Å². The molecule has 0 spiro atoms. The summed E-state index contributed by atoms with van der Waals surface area (Å²) in [5.41, 5.74) is 2.91. The highest BCUT2D eigenvalue weighted by atomic mass is 16.5. The normalized spacial score (nSPS) is 11.3. The summed E-state index contributed by atoms with van der Waals surface area (Å²) in [4.78, 5) is 9.26. The zero-order valence-electron chi connectivity index (χ0n) is 17.4. The van der Waals surface area contributed by atoms with Crippen molar-refractivity contribution in [3.05, 3.63) is 97.2 Å². The van der Waals surface area contributed by atoms with Crippen LogP contribution in [0, 0.1) is 0 Å². The molecule has 0 atom stereocenters. The molecule has 0 radical (unpaired) electrons. The van der Waals surface area contributed by atoms with E-state index in [-0.39, 0.29) is 0 Å². The number of pyridine rings is 2. The molecule has 0 unspecified atom stereocenters. The Balaban J connectivity index is 1.50. The third-order valence-corrected chi connectivity index (χ3v) is 5.62. The predicted molar refractivity (Wildman–Crippen MR) is 127 cm³/mol. The summed E-state index contributed by atoms with van der Waals surface area (Å²) in [5, 5.41) is 3.32. The summed E-state index contributed by atoms with van der Waals surface area (Å²) in [5.74, 6) is 2.81. The van der Waals surface area contributed by atoms with Crippen molar-refractivity contribution in [2.75, 3.05) is 7.11 Å². The maximum atomic E-state index is 6.18. The molecule has 3 aromatic heterocycles. The van der Waals surface area contributed by atoms with E-state index in [2.05, 4.69) is 38.8 Å². The number of fused-ring (bicyclic) bond motifs is 4. The maximum Gasteiger partial charge on any atom is 0.219 e. The van der Waals surface area contributed by atoms with Crippen LogP contribution in [0.5, 0.6) is 17.4 Å². The van der Waals surface area contributed by atoms with Crippen molar-refractivity contribution >= 4 is 32.7 Å². The second kappa shape index (κ2) is 7.39. The molecule has 0 amide bonds. The largest absolute Gasteiger partial charge is 0.494 e. The summed E-state index contributed by atoms with van der Waals surface area (Å²) in [6.45, 7) is 0. The summed E-state index contributed by atoms with van der Waals surface area (Å²) in [7, 11) is 1.65. The second-order valence-corrected chi connectivity index (χ2v) is 7.50. The molecule has 5 nitrogen and oxygen atoms in total. The fourth-order valence-corrected chi connectivity index (χ4v) is 4.19. The van der Waals surface area contributed by atoms with Crippen LogP contribution in [-0.2, 0) is 0 Å². The Kier molecular flexibility index (Phi) is 4.25. The molecule has 0 saturated heterocycles. The molecule has 0 aliphatic carbocycles. The highest BCUT2D eigenvalue weighted by molar-refractivity contribution is 6.09. The minimum absolute atomic E-state index is 0.516. The Morgan fingerprint density at radius 1 is 0.750 bits per heavy atom. The highest BCUT2D eigenvalue weighted by Crippen LogP contribution is 2.35. The zero-order chi connectivity index (χ0) is 21.5. The summed E-state index contributed by atoms with van der Waals surface area (Å²) >= 11 is 0. The van der Waals surface area contributed by atoms with Crippen molar-refractivity contribution < 1.29 is 9.47 Å². The van der Waals surface area contributed by atoms with E-state index in [1.54, 1.807) is 7.11 Å². The van der Waals surface area contributed by atoms with Gasteiger partial charge < -0.3 is 9.47 Å².